The minimum atomic E-state index is 0.332. The molecule has 2 rings (SSSR count). The van der Waals surface area contributed by atoms with Gasteiger partial charge < -0.3 is 5.32 Å². The molecular weight excluding hydrogens is 302 g/mol. The lowest BCUT2D eigenvalue weighted by Gasteiger charge is -2.15. The predicted molar refractivity (Wildman–Crippen MR) is 81.9 cm³/mol. The van der Waals surface area contributed by atoms with E-state index in [0.29, 0.717) is 6.04 Å². The van der Waals surface area contributed by atoms with Crippen molar-refractivity contribution in [2.45, 2.75) is 39.4 Å². The first-order chi connectivity index (χ1) is 9.20. The van der Waals surface area contributed by atoms with E-state index in [-0.39, 0.29) is 0 Å². The molecule has 1 aromatic heterocycles. The van der Waals surface area contributed by atoms with E-state index in [1.807, 2.05) is 6.20 Å². The summed E-state index contributed by atoms with van der Waals surface area (Å²) in [7, 11) is 0. The lowest BCUT2D eigenvalue weighted by molar-refractivity contribution is 0.517. The van der Waals surface area contributed by atoms with Crippen LogP contribution in [-0.2, 0) is 13.1 Å². The zero-order valence-corrected chi connectivity index (χ0v) is 13.0. The van der Waals surface area contributed by atoms with Crippen LogP contribution in [0, 0.1) is 0 Å². The Morgan fingerprint density at radius 1 is 1.26 bits per heavy atom. The Balaban J connectivity index is 1.94. The van der Waals surface area contributed by atoms with Gasteiger partial charge in [0.1, 0.15) is 0 Å². The van der Waals surface area contributed by atoms with Crippen molar-refractivity contribution in [3.8, 4) is 0 Å². The van der Waals surface area contributed by atoms with E-state index in [2.05, 4.69) is 75.2 Å². The Morgan fingerprint density at radius 2 is 2.00 bits per heavy atom. The first kappa shape index (κ1) is 14.3. The van der Waals surface area contributed by atoms with Crippen LogP contribution >= 0.6 is 15.9 Å². The number of aromatic nitrogens is 2. The van der Waals surface area contributed by atoms with Gasteiger partial charge in [-0.2, -0.15) is 5.10 Å². The van der Waals surface area contributed by atoms with Crippen molar-refractivity contribution >= 4 is 15.9 Å². The van der Waals surface area contributed by atoms with Crippen LogP contribution in [0.2, 0.25) is 0 Å². The van der Waals surface area contributed by atoms with Crippen LogP contribution in [0.25, 0.3) is 0 Å². The van der Waals surface area contributed by atoms with E-state index in [1.165, 1.54) is 11.3 Å². The molecule has 0 radical (unpaired) electrons. The summed E-state index contributed by atoms with van der Waals surface area (Å²) in [6.45, 7) is 6.18. The normalized spacial score (nSPS) is 12.6. The van der Waals surface area contributed by atoms with Crippen LogP contribution in [0.5, 0.6) is 0 Å². The maximum atomic E-state index is 4.34. The van der Waals surface area contributed by atoms with E-state index in [0.717, 1.165) is 24.0 Å². The number of benzene rings is 1. The van der Waals surface area contributed by atoms with E-state index in [9.17, 15) is 0 Å². The molecule has 0 aliphatic carbocycles. The van der Waals surface area contributed by atoms with Gasteiger partial charge in [0.15, 0.2) is 0 Å². The second-order valence-electron chi connectivity index (χ2n) is 4.70. The smallest absolute Gasteiger partial charge is 0.0522 e. The Morgan fingerprint density at radius 3 is 2.68 bits per heavy atom. The molecule has 0 aliphatic heterocycles. The molecule has 2 aromatic rings. The minimum absolute atomic E-state index is 0.332. The first-order valence-corrected chi connectivity index (χ1v) is 7.49. The molecule has 4 heteroatoms. The minimum Gasteiger partial charge on any atom is -0.305 e. The molecule has 102 valence electrons. The maximum absolute atomic E-state index is 4.34. The largest absolute Gasteiger partial charge is 0.305 e. The third-order valence-corrected chi connectivity index (χ3v) is 3.73. The molecule has 0 amide bonds. The number of halogens is 1. The van der Waals surface area contributed by atoms with Gasteiger partial charge in [-0.05, 0) is 37.1 Å². The SMILES string of the molecule is CCCn1nccc1CNC(C)c1ccc(Br)cc1. The van der Waals surface area contributed by atoms with Gasteiger partial charge in [-0.15, -0.1) is 0 Å². The summed E-state index contributed by atoms with van der Waals surface area (Å²) in [5.74, 6) is 0. The molecule has 1 atom stereocenters. The van der Waals surface area contributed by atoms with Crippen LogP contribution in [-0.4, -0.2) is 9.78 Å². The summed E-state index contributed by atoms with van der Waals surface area (Å²) in [5.41, 5.74) is 2.54. The van der Waals surface area contributed by atoms with Crippen molar-refractivity contribution in [1.82, 2.24) is 15.1 Å². The van der Waals surface area contributed by atoms with Crippen molar-refractivity contribution in [2.24, 2.45) is 0 Å². The fourth-order valence-electron chi connectivity index (χ4n) is 2.05. The molecule has 1 heterocycles. The Hall–Kier alpha value is -1.13. The van der Waals surface area contributed by atoms with E-state index in [1.54, 1.807) is 0 Å². The Kier molecular flexibility index (Phi) is 5.16. The van der Waals surface area contributed by atoms with Gasteiger partial charge in [-0.3, -0.25) is 4.68 Å². The van der Waals surface area contributed by atoms with Crippen molar-refractivity contribution in [3.05, 3.63) is 52.3 Å². The summed E-state index contributed by atoms with van der Waals surface area (Å²) < 4.78 is 3.19. The second-order valence-corrected chi connectivity index (χ2v) is 5.62. The van der Waals surface area contributed by atoms with Crippen molar-refractivity contribution < 1.29 is 0 Å². The van der Waals surface area contributed by atoms with Crippen LogP contribution < -0.4 is 5.32 Å². The number of aryl methyl sites for hydroxylation is 1. The zero-order chi connectivity index (χ0) is 13.7. The highest BCUT2D eigenvalue weighted by atomic mass is 79.9. The van der Waals surface area contributed by atoms with Crippen LogP contribution in [0.15, 0.2) is 41.0 Å². The first-order valence-electron chi connectivity index (χ1n) is 6.70. The van der Waals surface area contributed by atoms with Crippen LogP contribution in [0.1, 0.15) is 37.6 Å². The molecule has 0 saturated carbocycles. The van der Waals surface area contributed by atoms with Gasteiger partial charge in [0.2, 0.25) is 0 Å². The molecule has 1 N–H and O–H groups in total. The fraction of sp³-hybridized carbons (Fsp3) is 0.400. The summed E-state index contributed by atoms with van der Waals surface area (Å²) in [6, 6.07) is 10.9. The maximum Gasteiger partial charge on any atom is 0.0522 e. The summed E-state index contributed by atoms with van der Waals surface area (Å²) in [6.07, 6.45) is 2.98. The zero-order valence-electron chi connectivity index (χ0n) is 11.4. The van der Waals surface area contributed by atoms with E-state index >= 15 is 0 Å². The molecule has 0 saturated heterocycles. The summed E-state index contributed by atoms with van der Waals surface area (Å²) >= 11 is 3.46. The van der Waals surface area contributed by atoms with Gasteiger partial charge in [0.25, 0.3) is 0 Å². The highest BCUT2D eigenvalue weighted by molar-refractivity contribution is 9.10. The summed E-state index contributed by atoms with van der Waals surface area (Å²) in [4.78, 5) is 0. The molecule has 1 unspecified atom stereocenters. The fourth-order valence-corrected chi connectivity index (χ4v) is 2.31. The van der Waals surface area contributed by atoms with Crippen LogP contribution in [0.3, 0.4) is 0 Å². The third kappa shape index (κ3) is 3.91. The van der Waals surface area contributed by atoms with Crippen molar-refractivity contribution in [2.75, 3.05) is 0 Å². The third-order valence-electron chi connectivity index (χ3n) is 3.20. The molecule has 0 aliphatic rings. The molecule has 1 aromatic carbocycles. The predicted octanol–water partition coefficient (Wildman–Crippen LogP) is 3.91. The lowest BCUT2D eigenvalue weighted by atomic mass is 10.1. The Labute approximate surface area is 123 Å². The van der Waals surface area contributed by atoms with Crippen LogP contribution in [0.4, 0.5) is 0 Å². The average molecular weight is 322 g/mol. The number of nitrogens with zero attached hydrogens (tertiary/aromatic N) is 2. The van der Waals surface area contributed by atoms with E-state index < -0.39 is 0 Å². The van der Waals surface area contributed by atoms with Crippen molar-refractivity contribution in [1.29, 1.82) is 0 Å². The molecule has 19 heavy (non-hydrogen) atoms. The molecule has 0 spiro atoms. The highest BCUT2D eigenvalue weighted by Crippen LogP contribution is 2.17. The monoisotopic (exact) mass is 321 g/mol. The van der Waals surface area contributed by atoms with Crippen molar-refractivity contribution in [3.63, 3.8) is 0 Å². The topological polar surface area (TPSA) is 29.9 Å². The molecule has 3 nitrogen and oxygen atoms in total. The second kappa shape index (κ2) is 6.87. The molecular formula is C15H20BrN3. The number of rotatable bonds is 6. The van der Waals surface area contributed by atoms with Gasteiger partial charge >= 0.3 is 0 Å². The average Bonchev–Trinajstić information content (AvgIpc) is 2.85. The standard InChI is InChI=1S/C15H20BrN3/c1-3-10-19-15(8-9-18-19)11-17-12(2)13-4-6-14(16)7-5-13/h4-9,12,17H,3,10-11H2,1-2H3. The van der Waals surface area contributed by atoms with Gasteiger partial charge in [0.05, 0.1) is 5.69 Å². The lowest BCUT2D eigenvalue weighted by Crippen LogP contribution is -2.20. The number of hydrogen-bond acceptors (Lipinski definition) is 2. The molecule has 0 bridgehead atoms. The number of hydrogen-bond donors (Lipinski definition) is 1. The van der Waals surface area contributed by atoms with Gasteiger partial charge in [0, 0.05) is 29.8 Å². The highest BCUT2D eigenvalue weighted by Gasteiger charge is 2.07. The quantitative estimate of drug-likeness (QED) is 0.874. The van der Waals surface area contributed by atoms with Gasteiger partial charge in [-0.25, -0.2) is 0 Å². The number of nitrogens with one attached hydrogen (secondary N) is 1. The Bertz CT molecular complexity index is 504. The van der Waals surface area contributed by atoms with E-state index in [4.69, 9.17) is 0 Å². The molecule has 0 fully saturated rings. The van der Waals surface area contributed by atoms with Gasteiger partial charge in [-0.1, -0.05) is 35.0 Å². The summed E-state index contributed by atoms with van der Waals surface area (Å²) in [5, 5.41) is 7.88.